The maximum Gasteiger partial charge on any atom is 0.319 e. The molecule has 0 atom stereocenters. The van der Waals surface area contributed by atoms with E-state index < -0.39 is 0 Å². The van der Waals surface area contributed by atoms with Crippen molar-refractivity contribution in [1.82, 2.24) is 15.3 Å². The van der Waals surface area contributed by atoms with Crippen LogP contribution in [-0.4, -0.2) is 49.4 Å². The zero-order valence-electron chi connectivity index (χ0n) is 14.1. The van der Waals surface area contributed by atoms with Gasteiger partial charge >= 0.3 is 6.03 Å². The number of carbonyl (C=O) groups excluding carboxylic acids is 1. The first kappa shape index (κ1) is 17.0. The van der Waals surface area contributed by atoms with E-state index in [1.54, 1.807) is 37.8 Å². The van der Waals surface area contributed by atoms with E-state index in [2.05, 4.69) is 25.5 Å². The van der Waals surface area contributed by atoms with Gasteiger partial charge in [0, 0.05) is 38.1 Å². The Bertz CT molecular complexity index is 702. The highest BCUT2D eigenvalue weighted by Gasteiger charge is 2.16. The lowest BCUT2D eigenvalue weighted by atomic mass is 10.2. The Kier molecular flexibility index (Phi) is 5.63. The van der Waals surface area contributed by atoms with E-state index in [0.717, 1.165) is 30.0 Å². The molecule has 0 bridgehead atoms. The lowest BCUT2D eigenvalue weighted by molar-refractivity contribution is 0.122. The summed E-state index contributed by atoms with van der Waals surface area (Å²) in [7, 11) is 1.56. The van der Waals surface area contributed by atoms with Crippen molar-refractivity contribution >= 4 is 17.4 Å². The fraction of sp³-hybridized carbons (Fsp3) is 0.353. The molecule has 132 valence electrons. The van der Waals surface area contributed by atoms with E-state index >= 15 is 0 Å². The molecule has 2 aromatic rings. The molecule has 2 N–H and O–H groups in total. The number of nitrogens with one attached hydrogen (secondary N) is 2. The molecule has 1 fully saturated rings. The van der Waals surface area contributed by atoms with Gasteiger partial charge in [-0.25, -0.2) is 9.78 Å². The third-order valence-electron chi connectivity index (χ3n) is 3.86. The van der Waals surface area contributed by atoms with Crippen LogP contribution < -0.4 is 20.3 Å². The molecule has 0 unspecified atom stereocenters. The van der Waals surface area contributed by atoms with Crippen molar-refractivity contribution in [3.8, 4) is 5.88 Å². The van der Waals surface area contributed by atoms with Crippen LogP contribution in [0.1, 0.15) is 5.56 Å². The maximum atomic E-state index is 12.2. The Hall–Kier alpha value is -2.87. The quantitative estimate of drug-likeness (QED) is 0.858. The molecular weight excluding hydrogens is 322 g/mol. The van der Waals surface area contributed by atoms with Crippen molar-refractivity contribution in [2.45, 2.75) is 6.54 Å². The van der Waals surface area contributed by atoms with Crippen LogP contribution in [0.5, 0.6) is 5.88 Å². The molecule has 2 amide bonds. The fourth-order valence-corrected chi connectivity index (χ4v) is 2.53. The topological polar surface area (TPSA) is 88.6 Å². The molecule has 2 aromatic heterocycles. The summed E-state index contributed by atoms with van der Waals surface area (Å²) < 4.78 is 10.4. The predicted octanol–water partition coefficient (Wildman–Crippen LogP) is 1.64. The number of anilines is 2. The first-order chi connectivity index (χ1) is 12.3. The van der Waals surface area contributed by atoms with Gasteiger partial charge in [0.2, 0.25) is 5.88 Å². The zero-order valence-corrected chi connectivity index (χ0v) is 14.1. The molecule has 3 rings (SSSR count). The molecule has 0 aromatic carbocycles. The van der Waals surface area contributed by atoms with Crippen molar-refractivity contribution in [2.75, 3.05) is 43.6 Å². The molecule has 8 nitrogen and oxygen atoms in total. The van der Waals surface area contributed by atoms with Crippen LogP contribution in [0.4, 0.5) is 16.2 Å². The van der Waals surface area contributed by atoms with Crippen LogP contribution in [-0.2, 0) is 11.3 Å². The standard InChI is InChI=1S/C17H21N5O3/c1-24-16-3-2-13(10-19-16)11-20-17(23)21-14-4-5-18-12-15(14)22-6-8-25-9-7-22/h2-5,10,12H,6-9,11H2,1H3,(H2,18,20,21,23). The van der Waals surface area contributed by atoms with Gasteiger partial charge in [0.15, 0.2) is 0 Å². The van der Waals surface area contributed by atoms with Gasteiger partial charge in [-0.1, -0.05) is 6.07 Å². The minimum Gasteiger partial charge on any atom is -0.481 e. The van der Waals surface area contributed by atoms with E-state index in [1.165, 1.54) is 0 Å². The van der Waals surface area contributed by atoms with Crippen molar-refractivity contribution < 1.29 is 14.3 Å². The monoisotopic (exact) mass is 343 g/mol. The normalized spacial score (nSPS) is 14.0. The Morgan fingerprint density at radius 2 is 2.12 bits per heavy atom. The van der Waals surface area contributed by atoms with Gasteiger partial charge in [0.05, 0.1) is 37.9 Å². The number of hydrogen-bond acceptors (Lipinski definition) is 6. The summed E-state index contributed by atoms with van der Waals surface area (Å²) in [5, 5.41) is 5.70. The van der Waals surface area contributed by atoms with Gasteiger partial charge in [0.1, 0.15) is 0 Å². The number of amides is 2. The number of morpholine rings is 1. The molecule has 0 spiro atoms. The van der Waals surface area contributed by atoms with Gasteiger partial charge < -0.3 is 25.0 Å². The van der Waals surface area contributed by atoms with Crippen LogP contribution in [0.2, 0.25) is 0 Å². The number of pyridine rings is 2. The first-order valence-corrected chi connectivity index (χ1v) is 8.07. The number of urea groups is 1. The first-order valence-electron chi connectivity index (χ1n) is 8.07. The second kappa shape index (κ2) is 8.29. The minimum absolute atomic E-state index is 0.281. The third kappa shape index (κ3) is 4.57. The fourth-order valence-electron chi connectivity index (χ4n) is 2.53. The van der Waals surface area contributed by atoms with E-state index in [9.17, 15) is 4.79 Å². The molecular formula is C17H21N5O3. The van der Waals surface area contributed by atoms with Crippen molar-refractivity contribution in [1.29, 1.82) is 0 Å². The highest BCUT2D eigenvalue weighted by atomic mass is 16.5. The Morgan fingerprint density at radius 1 is 1.28 bits per heavy atom. The molecule has 0 saturated carbocycles. The Morgan fingerprint density at radius 3 is 2.84 bits per heavy atom. The highest BCUT2D eigenvalue weighted by molar-refractivity contribution is 5.93. The Balaban J connectivity index is 1.58. The van der Waals surface area contributed by atoms with E-state index in [-0.39, 0.29) is 6.03 Å². The number of aromatic nitrogens is 2. The smallest absolute Gasteiger partial charge is 0.319 e. The highest BCUT2D eigenvalue weighted by Crippen LogP contribution is 2.25. The van der Waals surface area contributed by atoms with Crippen molar-refractivity contribution in [2.24, 2.45) is 0 Å². The van der Waals surface area contributed by atoms with Crippen LogP contribution >= 0.6 is 0 Å². The summed E-state index contributed by atoms with van der Waals surface area (Å²) in [5.74, 6) is 0.542. The zero-order chi connectivity index (χ0) is 17.5. The molecule has 25 heavy (non-hydrogen) atoms. The average molecular weight is 343 g/mol. The molecule has 1 aliphatic rings. The average Bonchev–Trinajstić information content (AvgIpc) is 2.68. The molecule has 0 aliphatic carbocycles. The third-order valence-corrected chi connectivity index (χ3v) is 3.86. The number of rotatable bonds is 5. The summed E-state index contributed by atoms with van der Waals surface area (Å²) in [5.41, 5.74) is 2.51. The lowest BCUT2D eigenvalue weighted by Crippen LogP contribution is -2.37. The number of methoxy groups -OCH3 is 1. The molecule has 8 heteroatoms. The molecule has 1 saturated heterocycles. The van der Waals surface area contributed by atoms with Gasteiger partial charge in [-0.05, 0) is 11.6 Å². The van der Waals surface area contributed by atoms with Crippen molar-refractivity contribution in [3.63, 3.8) is 0 Å². The summed E-state index contributed by atoms with van der Waals surface area (Å²) >= 11 is 0. The summed E-state index contributed by atoms with van der Waals surface area (Å²) in [6.45, 7) is 3.27. The van der Waals surface area contributed by atoms with Gasteiger partial charge in [-0.3, -0.25) is 4.98 Å². The summed E-state index contributed by atoms with van der Waals surface area (Å²) in [6.07, 6.45) is 5.09. The molecule has 0 radical (unpaired) electrons. The van der Waals surface area contributed by atoms with E-state index in [0.29, 0.717) is 25.6 Å². The predicted molar refractivity (Wildman–Crippen MR) is 93.9 cm³/mol. The van der Waals surface area contributed by atoms with Crippen LogP contribution in [0, 0.1) is 0 Å². The summed E-state index contributed by atoms with van der Waals surface area (Å²) in [4.78, 5) is 22.6. The van der Waals surface area contributed by atoms with E-state index in [1.807, 2.05) is 6.07 Å². The second-order valence-corrected chi connectivity index (χ2v) is 5.51. The lowest BCUT2D eigenvalue weighted by Gasteiger charge is -2.30. The molecule has 1 aliphatic heterocycles. The second-order valence-electron chi connectivity index (χ2n) is 5.51. The molecule has 3 heterocycles. The Labute approximate surface area is 146 Å². The van der Waals surface area contributed by atoms with Crippen LogP contribution in [0.25, 0.3) is 0 Å². The van der Waals surface area contributed by atoms with Gasteiger partial charge in [-0.15, -0.1) is 0 Å². The number of hydrogen-bond donors (Lipinski definition) is 2. The van der Waals surface area contributed by atoms with Gasteiger partial charge in [-0.2, -0.15) is 0 Å². The SMILES string of the molecule is COc1ccc(CNC(=O)Nc2ccncc2N2CCOCC2)cn1. The number of nitrogens with zero attached hydrogens (tertiary/aromatic N) is 3. The van der Waals surface area contributed by atoms with E-state index in [4.69, 9.17) is 9.47 Å². The number of ether oxygens (including phenoxy) is 2. The number of carbonyl (C=O) groups is 1. The largest absolute Gasteiger partial charge is 0.481 e. The minimum atomic E-state index is -0.281. The van der Waals surface area contributed by atoms with Crippen LogP contribution in [0.3, 0.4) is 0 Å². The van der Waals surface area contributed by atoms with Gasteiger partial charge in [0.25, 0.3) is 0 Å². The van der Waals surface area contributed by atoms with Crippen molar-refractivity contribution in [3.05, 3.63) is 42.4 Å². The summed E-state index contributed by atoms with van der Waals surface area (Å²) in [6, 6.07) is 5.13. The maximum absolute atomic E-state index is 12.2. The van der Waals surface area contributed by atoms with Crippen LogP contribution in [0.15, 0.2) is 36.8 Å².